The molecule has 0 saturated heterocycles. The number of carboxylic acids is 1. The normalized spacial score (nSPS) is 12.1. The van der Waals surface area contributed by atoms with Crippen molar-refractivity contribution in [3.63, 3.8) is 0 Å². The number of para-hydroxylation sites is 1. The molecule has 0 aliphatic carbocycles. The maximum atomic E-state index is 10.4. The fraction of sp³-hybridized carbons (Fsp3) is 0.500. The van der Waals surface area contributed by atoms with Crippen molar-refractivity contribution in [2.45, 2.75) is 39.0 Å². The van der Waals surface area contributed by atoms with Crippen molar-refractivity contribution < 1.29 is 14.6 Å². The number of hydrogen-bond acceptors (Lipinski definition) is 2. The minimum Gasteiger partial charge on any atom is -0.493 e. The Bertz CT molecular complexity index is 360. The molecule has 0 amide bonds. The summed E-state index contributed by atoms with van der Waals surface area (Å²) in [5.74, 6) is 0.571. The third-order valence-electron chi connectivity index (χ3n) is 2.85. The summed E-state index contributed by atoms with van der Waals surface area (Å²) >= 11 is 0. The van der Waals surface area contributed by atoms with Crippen LogP contribution < -0.4 is 4.74 Å². The molecule has 0 aliphatic rings. The maximum Gasteiger partial charge on any atom is 0.303 e. The van der Waals surface area contributed by atoms with Crippen molar-refractivity contribution in [3.8, 4) is 5.75 Å². The van der Waals surface area contributed by atoms with E-state index in [0.29, 0.717) is 18.9 Å². The van der Waals surface area contributed by atoms with Crippen LogP contribution in [-0.4, -0.2) is 17.7 Å². The first-order chi connectivity index (χ1) is 8.15. The second-order valence-electron chi connectivity index (χ2n) is 4.19. The smallest absolute Gasteiger partial charge is 0.303 e. The van der Waals surface area contributed by atoms with E-state index in [2.05, 4.69) is 19.9 Å². The van der Waals surface area contributed by atoms with E-state index in [0.717, 1.165) is 12.2 Å². The monoisotopic (exact) mass is 236 g/mol. The summed E-state index contributed by atoms with van der Waals surface area (Å²) in [7, 11) is 0. The van der Waals surface area contributed by atoms with E-state index in [1.807, 2.05) is 18.2 Å². The van der Waals surface area contributed by atoms with Gasteiger partial charge in [0.1, 0.15) is 5.75 Å². The molecule has 0 fully saturated rings. The molecule has 0 saturated carbocycles. The van der Waals surface area contributed by atoms with E-state index in [9.17, 15) is 4.79 Å². The Hall–Kier alpha value is -1.51. The first-order valence-electron chi connectivity index (χ1n) is 6.08. The van der Waals surface area contributed by atoms with Gasteiger partial charge in [-0.2, -0.15) is 0 Å². The van der Waals surface area contributed by atoms with Gasteiger partial charge in [0.15, 0.2) is 0 Å². The van der Waals surface area contributed by atoms with Crippen LogP contribution in [0.15, 0.2) is 24.3 Å². The average Bonchev–Trinajstić information content (AvgIpc) is 2.34. The van der Waals surface area contributed by atoms with Gasteiger partial charge in [0.05, 0.1) is 6.61 Å². The molecule has 1 aromatic carbocycles. The number of carbonyl (C=O) groups is 1. The Labute approximate surface area is 102 Å². The Morgan fingerprint density at radius 2 is 2.12 bits per heavy atom. The van der Waals surface area contributed by atoms with E-state index in [1.54, 1.807) is 0 Å². The topological polar surface area (TPSA) is 46.5 Å². The molecule has 0 aromatic heterocycles. The molecule has 1 N–H and O–H groups in total. The molecule has 1 atom stereocenters. The molecule has 94 valence electrons. The molecule has 1 rings (SSSR count). The highest BCUT2D eigenvalue weighted by Gasteiger charge is 2.09. The molecule has 1 aromatic rings. The third-order valence-corrected chi connectivity index (χ3v) is 2.85. The molecule has 17 heavy (non-hydrogen) atoms. The summed E-state index contributed by atoms with van der Waals surface area (Å²) in [4.78, 5) is 10.4. The minimum atomic E-state index is -0.774. The predicted molar refractivity (Wildman–Crippen MR) is 67.5 cm³/mol. The minimum absolute atomic E-state index is 0.158. The van der Waals surface area contributed by atoms with Crippen molar-refractivity contribution in [2.24, 2.45) is 0 Å². The van der Waals surface area contributed by atoms with Gasteiger partial charge >= 0.3 is 5.97 Å². The SMILES string of the molecule is CC[C@@H](C)c1ccccc1OCCCC(=O)O. The fourth-order valence-corrected chi connectivity index (χ4v) is 1.64. The van der Waals surface area contributed by atoms with Crippen LogP contribution in [0.3, 0.4) is 0 Å². The zero-order valence-electron chi connectivity index (χ0n) is 10.5. The summed E-state index contributed by atoms with van der Waals surface area (Å²) in [6.07, 6.45) is 1.77. The van der Waals surface area contributed by atoms with E-state index >= 15 is 0 Å². The molecule has 3 nitrogen and oxygen atoms in total. The largest absolute Gasteiger partial charge is 0.493 e. The second-order valence-corrected chi connectivity index (χ2v) is 4.19. The average molecular weight is 236 g/mol. The highest BCUT2D eigenvalue weighted by molar-refractivity contribution is 5.66. The summed E-state index contributed by atoms with van der Waals surface area (Å²) in [6, 6.07) is 7.97. The van der Waals surface area contributed by atoms with Crippen LogP contribution in [0.2, 0.25) is 0 Å². The number of benzene rings is 1. The molecule has 0 bridgehead atoms. The first-order valence-corrected chi connectivity index (χ1v) is 6.08. The van der Waals surface area contributed by atoms with Gasteiger partial charge in [-0.05, 0) is 30.4 Å². The van der Waals surface area contributed by atoms with Crippen LogP contribution in [0.5, 0.6) is 5.75 Å². The van der Waals surface area contributed by atoms with E-state index in [1.165, 1.54) is 5.56 Å². The Morgan fingerprint density at radius 3 is 2.76 bits per heavy atom. The lowest BCUT2D eigenvalue weighted by Gasteiger charge is -2.15. The van der Waals surface area contributed by atoms with Gasteiger partial charge in [0, 0.05) is 6.42 Å². The van der Waals surface area contributed by atoms with Gasteiger partial charge in [-0.15, -0.1) is 0 Å². The van der Waals surface area contributed by atoms with Gasteiger partial charge < -0.3 is 9.84 Å². The number of aliphatic carboxylic acids is 1. The van der Waals surface area contributed by atoms with E-state index < -0.39 is 5.97 Å². The number of carboxylic acid groups (broad SMARTS) is 1. The van der Waals surface area contributed by atoms with Gasteiger partial charge in [-0.3, -0.25) is 4.79 Å². The maximum absolute atomic E-state index is 10.4. The second kappa shape index (κ2) is 6.94. The van der Waals surface area contributed by atoms with Crippen molar-refractivity contribution in [3.05, 3.63) is 29.8 Å². The fourth-order valence-electron chi connectivity index (χ4n) is 1.64. The lowest BCUT2D eigenvalue weighted by Crippen LogP contribution is -2.04. The summed E-state index contributed by atoms with van der Waals surface area (Å²) in [5, 5.41) is 8.54. The standard InChI is InChI=1S/C14H20O3/c1-3-11(2)12-7-4-5-8-13(12)17-10-6-9-14(15)16/h4-5,7-8,11H,3,6,9-10H2,1-2H3,(H,15,16)/t11-/m1/s1. The van der Waals surface area contributed by atoms with Crippen LogP contribution >= 0.6 is 0 Å². The van der Waals surface area contributed by atoms with Crippen LogP contribution in [0, 0.1) is 0 Å². The van der Waals surface area contributed by atoms with Crippen molar-refractivity contribution in [2.75, 3.05) is 6.61 Å². The van der Waals surface area contributed by atoms with Gasteiger partial charge in [-0.1, -0.05) is 32.0 Å². The third kappa shape index (κ3) is 4.47. The zero-order valence-corrected chi connectivity index (χ0v) is 10.5. The zero-order chi connectivity index (χ0) is 12.7. The Morgan fingerprint density at radius 1 is 1.41 bits per heavy atom. The molecule has 0 heterocycles. The quantitative estimate of drug-likeness (QED) is 0.738. The van der Waals surface area contributed by atoms with Gasteiger partial charge in [-0.25, -0.2) is 0 Å². The van der Waals surface area contributed by atoms with Crippen LogP contribution in [-0.2, 0) is 4.79 Å². The Kier molecular flexibility index (Phi) is 5.53. The van der Waals surface area contributed by atoms with Crippen LogP contribution in [0.25, 0.3) is 0 Å². The van der Waals surface area contributed by atoms with Gasteiger partial charge in [0.25, 0.3) is 0 Å². The van der Waals surface area contributed by atoms with Crippen LogP contribution in [0.4, 0.5) is 0 Å². The first kappa shape index (κ1) is 13.6. The molecule has 0 spiro atoms. The van der Waals surface area contributed by atoms with Crippen molar-refractivity contribution in [1.29, 1.82) is 0 Å². The molecule has 3 heteroatoms. The molecule has 0 unspecified atom stereocenters. The highest BCUT2D eigenvalue weighted by Crippen LogP contribution is 2.28. The molecular weight excluding hydrogens is 216 g/mol. The highest BCUT2D eigenvalue weighted by atomic mass is 16.5. The molecular formula is C14H20O3. The number of ether oxygens (including phenoxy) is 1. The lowest BCUT2D eigenvalue weighted by molar-refractivity contribution is -0.137. The number of hydrogen-bond donors (Lipinski definition) is 1. The molecule has 0 radical (unpaired) electrons. The Balaban J connectivity index is 2.55. The summed E-state index contributed by atoms with van der Waals surface area (Å²) in [6.45, 7) is 4.77. The van der Waals surface area contributed by atoms with Crippen molar-refractivity contribution >= 4 is 5.97 Å². The van der Waals surface area contributed by atoms with E-state index in [4.69, 9.17) is 9.84 Å². The lowest BCUT2D eigenvalue weighted by atomic mass is 9.98. The summed E-state index contributed by atoms with van der Waals surface area (Å²) < 4.78 is 5.65. The predicted octanol–water partition coefficient (Wildman–Crippen LogP) is 3.44. The van der Waals surface area contributed by atoms with E-state index in [-0.39, 0.29) is 6.42 Å². The van der Waals surface area contributed by atoms with Crippen LogP contribution in [0.1, 0.15) is 44.6 Å². The van der Waals surface area contributed by atoms with Gasteiger partial charge in [0.2, 0.25) is 0 Å². The van der Waals surface area contributed by atoms with Crippen molar-refractivity contribution in [1.82, 2.24) is 0 Å². The molecule has 0 aliphatic heterocycles. The summed E-state index contributed by atoms with van der Waals surface area (Å²) in [5.41, 5.74) is 1.20. The number of rotatable bonds is 7.